The first kappa shape index (κ1) is 18.4. The van der Waals surface area contributed by atoms with Gasteiger partial charge in [0.25, 0.3) is 5.91 Å². The van der Waals surface area contributed by atoms with Gasteiger partial charge in [0.1, 0.15) is 5.82 Å². The van der Waals surface area contributed by atoms with E-state index in [-0.39, 0.29) is 24.1 Å². The number of piperidine rings is 1. The average Bonchev–Trinajstić information content (AvgIpc) is 3.12. The molecule has 2 aromatic rings. The van der Waals surface area contributed by atoms with Crippen LogP contribution in [0.4, 0.5) is 5.82 Å². The van der Waals surface area contributed by atoms with Gasteiger partial charge < -0.3 is 19.4 Å². The number of aromatic nitrogens is 2. The summed E-state index contributed by atoms with van der Waals surface area (Å²) < 4.78 is 5.18. The lowest BCUT2D eigenvalue weighted by Gasteiger charge is -2.41. The Morgan fingerprint density at radius 2 is 2.27 bits per heavy atom. The number of amides is 1. The van der Waals surface area contributed by atoms with Crippen molar-refractivity contribution in [3.05, 3.63) is 41.9 Å². The number of nitrogens with zero attached hydrogens (tertiary/aromatic N) is 4. The molecular formula is C19H26N4O3. The molecule has 1 N–H and O–H groups in total. The Morgan fingerprint density at radius 3 is 2.92 bits per heavy atom. The maximum absolute atomic E-state index is 12.6. The van der Waals surface area contributed by atoms with Crippen LogP contribution < -0.4 is 4.90 Å². The van der Waals surface area contributed by atoms with Crippen LogP contribution >= 0.6 is 0 Å². The van der Waals surface area contributed by atoms with Crippen molar-refractivity contribution < 1.29 is 14.4 Å². The van der Waals surface area contributed by atoms with Crippen molar-refractivity contribution in [1.29, 1.82) is 0 Å². The minimum Gasteiger partial charge on any atom is -0.386 e. The lowest BCUT2D eigenvalue weighted by atomic mass is 9.92. The molecule has 0 unspecified atom stereocenters. The van der Waals surface area contributed by atoms with Crippen LogP contribution in [0.3, 0.4) is 0 Å². The highest BCUT2D eigenvalue weighted by molar-refractivity contribution is 5.91. The van der Waals surface area contributed by atoms with Crippen LogP contribution in [-0.4, -0.2) is 58.3 Å². The Hall–Kier alpha value is -2.41. The van der Waals surface area contributed by atoms with E-state index in [0.29, 0.717) is 13.0 Å². The molecule has 1 saturated heterocycles. The summed E-state index contributed by atoms with van der Waals surface area (Å²) in [4.78, 5) is 20.5. The summed E-state index contributed by atoms with van der Waals surface area (Å²) in [5.41, 5.74) is -0.236. The molecule has 1 fully saturated rings. The number of likely N-dealkylation sites (N-methyl/N-ethyl adjacent to an activating group) is 1. The van der Waals surface area contributed by atoms with Gasteiger partial charge >= 0.3 is 0 Å². The van der Waals surface area contributed by atoms with Crippen molar-refractivity contribution in [2.45, 2.75) is 38.2 Å². The second kappa shape index (κ2) is 7.45. The Morgan fingerprint density at radius 1 is 1.46 bits per heavy atom. The second-order valence-corrected chi connectivity index (χ2v) is 7.37. The smallest absolute Gasteiger partial charge is 0.292 e. The van der Waals surface area contributed by atoms with Crippen molar-refractivity contribution in [3.63, 3.8) is 0 Å². The molecule has 0 aliphatic carbocycles. The van der Waals surface area contributed by atoms with Crippen molar-refractivity contribution >= 4 is 11.7 Å². The van der Waals surface area contributed by atoms with E-state index in [4.69, 9.17) is 4.52 Å². The van der Waals surface area contributed by atoms with Gasteiger partial charge in [-0.2, -0.15) is 0 Å². The first-order valence-electron chi connectivity index (χ1n) is 8.98. The van der Waals surface area contributed by atoms with Crippen LogP contribution in [0.1, 0.15) is 48.9 Å². The zero-order valence-electron chi connectivity index (χ0n) is 15.6. The maximum Gasteiger partial charge on any atom is 0.292 e. The molecule has 1 amide bonds. The fourth-order valence-electron chi connectivity index (χ4n) is 3.34. The average molecular weight is 358 g/mol. The molecule has 0 spiro atoms. The summed E-state index contributed by atoms with van der Waals surface area (Å²) in [6.07, 6.45) is 3.23. The highest BCUT2D eigenvalue weighted by Gasteiger charge is 2.36. The van der Waals surface area contributed by atoms with Gasteiger partial charge in [0.15, 0.2) is 0 Å². The van der Waals surface area contributed by atoms with E-state index in [9.17, 15) is 9.90 Å². The molecule has 7 heteroatoms. The van der Waals surface area contributed by atoms with Gasteiger partial charge in [0.05, 0.1) is 17.8 Å². The summed E-state index contributed by atoms with van der Waals surface area (Å²) in [6, 6.07) is 7.41. The Kier molecular flexibility index (Phi) is 5.27. The quantitative estimate of drug-likeness (QED) is 0.883. The van der Waals surface area contributed by atoms with Crippen LogP contribution in [0.15, 0.2) is 35.0 Å². The molecule has 1 atom stereocenters. The lowest BCUT2D eigenvalue weighted by molar-refractivity contribution is -0.00106. The van der Waals surface area contributed by atoms with E-state index < -0.39 is 5.60 Å². The minimum atomic E-state index is -0.985. The number of carbonyl (C=O) groups excluding carboxylic acids is 1. The molecule has 3 rings (SSSR count). The first-order valence-corrected chi connectivity index (χ1v) is 8.98. The molecule has 1 aliphatic rings. The normalized spacial score (nSPS) is 20.4. The van der Waals surface area contributed by atoms with Crippen molar-refractivity contribution in [2.75, 3.05) is 31.6 Å². The van der Waals surface area contributed by atoms with E-state index >= 15 is 0 Å². The van der Waals surface area contributed by atoms with Crippen LogP contribution in [0, 0.1) is 0 Å². The number of carbonyl (C=O) groups is 1. The van der Waals surface area contributed by atoms with Gasteiger partial charge in [0.2, 0.25) is 5.76 Å². The van der Waals surface area contributed by atoms with Crippen molar-refractivity contribution in [1.82, 2.24) is 15.0 Å². The van der Waals surface area contributed by atoms with Gasteiger partial charge in [-0.3, -0.25) is 4.79 Å². The monoisotopic (exact) mass is 358 g/mol. The Bertz CT molecular complexity index is 746. The topological polar surface area (TPSA) is 82.7 Å². The van der Waals surface area contributed by atoms with Crippen LogP contribution in [0.2, 0.25) is 0 Å². The highest BCUT2D eigenvalue weighted by atomic mass is 16.5. The van der Waals surface area contributed by atoms with Crippen molar-refractivity contribution in [3.8, 4) is 0 Å². The fourth-order valence-corrected chi connectivity index (χ4v) is 3.34. The number of anilines is 1. The Labute approximate surface area is 153 Å². The third kappa shape index (κ3) is 4.04. The van der Waals surface area contributed by atoms with Gasteiger partial charge in [-0.05, 0) is 30.9 Å². The highest BCUT2D eigenvalue weighted by Crippen LogP contribution is 2.26. The summed E-state index contributed by atoms with van der Waals surface area (Å²) in [5.74, 6) is 0.974. The summed E-state index contributed by atoms with van der Waals surface area (Å²) in [7, 11) is 1.68. The number of β-amino-alcohol motifs (C(OH)–C–C–N with tert-alkyl or cyclic N) is 1. The van der Waals surface area contributed by atoms with Gasteiger partial charge in [0, 0.05) is 32.4 Å². The maximum atomic E-state index is 12.6. The molecule has 2 aromatic heterocycles. The molecule has 0 radical (unpaired) electrons. The molecule has 1 aliphatic heterocycles. The van der Waals surface area contributed by atoms with E-state index in [1.165, 1.54) is 4.90 Å². The predicted octanol–water partition coefficient (Wildman–Crippen LogP) is 2.30. The summed E-state index contributed by atoms with van der Waals surface area (Å²) in [5, 5.41) is 15.0. The summed E-state index contributed by atoms with van der Waals surface area (Å²) >= 11 is 0. The molecule has 0 aromatic carbocycles. The minimum absolute atomic E-state index is 0.195. The molecule has 140 valence electrons. The van der Waals surface area contributed by atoms with Crippen molar-refractivity contribution in [2.24, 2.45) is 0 Å². The molecule has 0 saturated carbocycles. The van der Waals surface area contributed by atoms with Crippen LogP contribution in [0.5, 0.6) is 0 Å². The molecule has 3 heterocycles. The third-order valence-corrected chi connectivity index (χ3v) is 4.74. The molecule has 0 bridgehead atoms. The van der Waals surface area contributed by atoms with Gasteiger partial charge in [-0.15, -0.1) is 0 Å². The van der Waals surface area contributed by atoms with Gasteiger partial charge in [-0.1, -0.05) is 25.1 Å². The lowest BCUT2D eigenvalue weighted by Crippen LogP contribution is -2.54. The van der Waals surface area contributed by atoms with Crippen LogP contribution in [0.25, 0.3) is 0 Å². The second-order valence-electron chi connectivity index (χ2n) is 7.37. The first-order chi connectivity index (χ1) is 12.4. The third-order valence-electron chi connectivity index (χ3n) is 4.74. The predicted molar refractivity (Wildman–Crippen MR) is 98.2 cm³/mol. The fraction of sp³-hybridized carbons (Fsp3) is 0.526. The largest absolute Gasteiger partial charge is 0.386 e. The van der Waals surface area contributed by atoms with E-state index in [0.717, 1.165) is 24.5 Å². The Balaban J connectivity index is 1.67. The SMILES string of the molecule is CC(C)c1cc(C(=O)N(C)C[C@]2(O)CCCN(c3ccccn3)C2)on1. The van der Waals surface area contributed by atoms with E-state index in [2.05, 4.69) is 15.0 Å². The molecular weight excluding hydrogens is 332 g/mol. The van der Waals surface area contributed by atoms with E-state index in [1.54, 1.807) is 19.3 Å². The molecule has 26 heavy (non-hydrogen) atoms. The molecule has 7 nitrogen and oxygen atoms in total. The van der Waals surface area contributed by atoms with E-state index in [1.807, 2.05) is 32.0 Å². The summed E-state index contributed by atoms with van der Waals surface area (Å²) in [6.45, 7) is 5.50. The number of rotatable bonds is 5. The number of aliphatic hydroxyl groups is 1. The van der Waals surface area contributed by atoms with Gasteiger partial charge in [-0.25, -0.2) is 4.98 Å². The number of pyridine rings is 1. The zero-order chi connectivity index (χ0) is 18.7. The zero-order valence-corrected chi connectivity index (χ0v) is 15.6. The standard InChI is InChI=1S/C19H26N4O3/c1-14(2)15-11-16(26-21-15)18(24)22(3)12-19(25)8-6-10-23(13-19)17-7-4-5-9-20-17/h4-5,7,9,11,14,25H,6,8,10,12-13H2,1-3H3/t19-/m1/s1. The number of hydrogen-bond acceptors (Lipinski definition) is 6. The van der Waals surface area contributed by atoms with Crippen LogP contribution in [-0.2, 0) is 0 Å². The number of hydrogen-bond donors (Lipinski definition) is 1.